The van der Waals surface area contributed by atoms with E-state index in [1.807, 2.05) is 28.8 Å². The number of H-pyrrole nitrogens is 1. The number of aromatic nitrogens is 6. The van der Waals surface area contributed by atoms with E-state index in [-0.39, 0.29) is 22.4 Å². The van der Waals surface area contributed by atoms with E-state index in [1.165, 1.54) is 43.1 Å². The van der Waals surface area contributed by atoms with Crippen LogP contribution < -0.4 is 21.8 Å². The number of benzene rings is 2. The Kier molecular flexibility index (Phi) is 13.0. The molecule has 51 heavy (non-hydrogen) atoms. The number of nitrogens with two attached hydrogens (primary N) is 2. The molecule has 0 radical (unpaired) electrons. The molecule has 2 fully saturated rings. The highest BCUT2D eigenvalue weighted by atomic mass is 35.5. The summed E-state index contributed by atoms with van der Waals surface area (Å²) in [5.41, 5.74) is 15.8. The number of hydrogen-bond acceptors (Lipinski definition) is 8. The molecule has 5 aromatic rings. The van der Waals surface area contributed by atoms with Crippen LogP contribution in [0.15, 0.2) is 66.0 Å². The minimum atomic E-state index is -0.613. The lowest BCUT2D eigenvalue weighted by Gasteiger charge is -2.09. The van der Waals surface area contributed by atoms with Gasteiger partial charge in [-0.15, -0.1) is 0 Å². The second-order valence-corrected chi connectivity index (χ2v) is 13.6. The van der Waals surface area contributed by atoms with Crippen LogP contribution in [0.4, 0.5) is 5.82 Å². The van der Waals surface area contributed by atoms with E-state index in [0.29, 0.717) is 29.4 Å². The van der Waals surface area contributed by atoms with Crippen LogP contribution >= 0.6 is 11.6 Å². The summed E-state index contributed by atoms with van der Waals surface area (Å²) in [4.78, 5) is 49.6. The van der Waals surface area contributed by atoms with Gasteiger partial charge in [0, 0.05) is 24.9 Å². The molecule has 2 saturated carbocycles. The fraction of sp³-hybridized carbons (Fsp3) is 0.421. The molecule has 0 aliphatic heterocycles. The van der Waals surface area contributed by atoms with Crippen molar-refractivity contribution >= 4 is 39.7 Å². The van der Waals surface area contributed by atoms with Crippen molar-refractivity contribution in [3.63, 3.8) is 0 Å². The summed E-state index contributed by atoms with van der Waals surface area (Å²) in [6.07, 6.45) is 14.0. The van der Waals surface area contributed by atoms with Crippen molar-refractivity contribution in [2.45, 2.75) is 90.1 Å². The van der Waals surface area contributed by atoms with Gasteiger partial charge in [-0.05, 0) is 80.3 Å². The van der Waals surface area contributed by atoms with Crippen LogP contribution in [0.25, 0.3) is 11.2 Å². The average molecular weight is 715 g/mol. The average Bonchev–Trinajstić information content (AvgIpc) is 3.95. The van der Waals surface area contributed by atoms with Crippen molar-refractivity contribution in [2.24, 2.45) is 11.7 Å². The van der Waals surface area contributed by atoms with E-state index in [2.05, 4.69) is 46.1 Å². The van der Waals surface area contributed by atoms with Gasteiger partial charge in [0.15, 0.2) is 16.9 Å². The van der Waals surface area contributed by atoms with Gasteiger partial charge < -0.3 is 30.3 Å². The van der Waals surface area contributed by atoms with Gasteiger partial charge in [-0.1, -0.05) is 67.6 Å². The number of imidazole rings is 2. The number of carbonyl (C=O) groups is 2. The quantitative estimate of drug-likeness (QED) is 0.146. The van der Waals surface area contributed by atoms with E-state index >= 15 is 0 Å². The number of anilines is 1. The lowest BCUT2D eigenvalue weighted by molar-refractivity contribution is -0.114. The van der Waals surface area contributed by atoms with E-state index in [0.717, 1.165) is 62.2 Å². The molecule has 0 atom stereocenters. The Balaban J connectivity index is 0.000000166. The highest BCUT2D eigenvalue weighted by Gasteiger charge is 2.22. The molecule has 0 bridgehead atoms. The van der Waals surface area contributed by atoms with Gasteiger partial charge in [-0.3, -0.25) is 14.4 Å². The van der Waals surface area contributed by atoms with Gasteiger partial charge in [-0.25, -0.2) is 15.0 Å². The number of ether oxygens (including phenoxy) is 1. The first-order valence-corrected chi connectivity index (χ1v) is 17.9. The number of fused-ring (bicyclic) bond motifs is 1. The zero-order valence-corrected chi connectivity index (χ0v) is 30.1. The molecule has 5 N–H and O–H groups in total. The Labute approximate surface area is 302 Å². The van der Waals surface area contributed by atoms with Crippen LogP contribution in [0.2, 0.25) is 0 Å². The van der Waals surface area contributed by atoms with E-state index in [4.69, 9.17) is 32.8 Å². The van der Waals surface area contributed by atoms with E-state index in [1.54, 1.807) is 18.0 Å². The third-order valence-electron chi connectivity index (χ3n) is 9.52. The highest BCUT2D eigenvalue weighted by Crippen LogP contribution is 2.32. The van der Waals surface area contributed by atoms with Crippen molar-refractivity contribution < 1.29 is 14.3 Å². The lowest BCUT2D eigenvalue weighted by Crippen LogP contribution is -2.15. The number of rotatable bonds is 10. The first kappa shape index (κ1) is 37.3. The minimum absolute atomic E-state index is 0.115. The molecule has 3 heterocycles. The first-order chi connectivity index (χ1) is 24.6. The van der Waals surface area contributed by atoms with Gasteiger partial charge in [0.05, 0.1) is 19.8 Å². The molecular weight excluding hydrogens is 668 g/mol. The number of halogens is 1. The molecular formula is C38H47ClN8O4. The third kappa shape index (κ3) is 10.1. The molecule has 0 spiro atoms. The van der Waals surface area contributed by atoms with Gasteiger partial charge >= 0.3 is 0 Å². The second-order valence-electron chi connectivity index (χ2n) is 13.2. The number of nitrogens with zero attached hydrogens (tertiary/aromatic N) is 5. The topological polar surface area (TPSA) is 177 Å². The lowest BCUT2D eigenvalue weighted by atomic mass is 10.1. The molecule has 1 amide bonds. The molecule has 2 aliphatic carbocycles. The van der Waals surface area contributed by atoms with Crippen molar-refractivity contribution in [1.82, 2.24) is 29.1 Å². The SMILES string of the molecule is COc1cccc(CCn2cnc(C(N)=O)c2N)c1.Cc1cccc(CCn2cnc3c(=O)[nH]c(C4CCCC4)nc32)c1.O=C(Cl)C1CCCC1. The Morgan fingerprint density at radius 3 is 2.16 bits per heavy atom. The number of methoxy groups -OCH3 is 1. The maximum atomic E-state index is 12.3. The number of nitrogens with one attached hydrogen (secondary N) is 1. The molecule has 12 nitrogen and oxygen atoms in total. The zero-order valence-electron chi connectivity index (χ0n) is 29.3. The Hall–Kier alpha value is -4.97. The standard InChI is InChI=1S/C19H22N4O.C13H16N4O2.C6H9ClO/c1-13-5-4-6-14(11-13)9-10-23-12-20-16-18(23)21-17(22-19(16)24)15-7-2-3-8-15;1-19-10-4-2-3-9(7-10)5-6-17-8-16-11(12(17)14)13(15)18;7-6(8)5-3-1-2-4-5/h4-6,11-12,15H,2-3,7-10H2,1H3,(H,21,22,24);2-4,7-8H,5-6,14H2,1H3,(H2,15,18);5H,1-4H2. The maximum Gasteiger partial charge on any atom is 0.279 e. The summed E-state index contributed by atoms with van der Waals surface area (Å²) in [6, 6.07) is 16.3. The number of aromatic amines is 1. The number of carbonyl (C=O) groups excluding carboxylic acids is 2. The Morgan fingerprint density at radius 2 is 1.55 bits per heavy atom. The number of nitrogen functional groups attached to an aromatic ring is 1. The van der Waals surface area contributed by atoms with E-state index in [9.17, 15) is 14.4 Å². The number of aryl methyl sites for hydroxylation is 5. The molecule has 270 valence electrons. The van der Waals surface area contributed by atoms with Gasteiger partial charge in [0.25, 0.3) is 11.5 Å². The predicted octanol–water partition coefficient (Wildman–Crippen LogP) is 6.09. The van der Waals surface area contributed by atoms with Crippen LogP contribution in [-0.2, 0) is 30.7 Å². The van der Waals surface area contributed by atoms with Crippen molar-refractivity contribution in [3.05, 3.63) is 99.7 Å². The summed E-state index contributed by atoms with van der Waals surface area (Å²) in [5, 5.41) is -0.137. The zero-order chi connectivity index (χ0) is 36.3. The normalized spacial score (nSPS) is 14.5. The Bertz CT molecular complexity index is 1990. The first-order valence-electron chi connectivity index (χ1n) is 17.6. The van der Waals surface area contributed by atoms with Crippen LogP contribution in [0.1, 0.15) is 90.3 Å². The van der Waals surface area contributed by atoms with Gasteiger partial charge in [-0.2, -0.15) is 0 Å². The largest absolute Gasteiger partial charge is 0.497 e. The van der Waals surface area contributed by atoms with Crippen molar-refractivity contribution in [2.75, 3.05) is 12.8 Å². The smallest absolute Gasteiger partial charge is 0.279 e. The number of hydrogen-bond donors (Lipinski definition) is 3. The summed E-state index contributed by atoms with van der Waals surface area (Å²) in [5.74, 6) is 1.92. The fourth-order valence-corrected chi connectivity index (χ4v) is 6.85. The van der Waals surface area contributed by atoms with E-state index < -0.39 is 5.91 Å². The monoisotopic (exact) mass is 714 g/mol. The highest BCUT2D eigenvalue weighted by molar-refractivity contribution is 6.64. The van der Waals surface area contributed by atoms with Gasteiger partial charge in [0.1, 0.15) is 17.4 Å². The van der Waals surface area contributed by atoms with Crippen LogP contribution in [0.3, 0.4) is 0 Å². The fourth-order valence-electron chi connectivity index (χ4n) is 6.63. The third-order valence-corrected chi connectivity index (χ3v) is 9.83. The summed E-state index contributed by atoms with van der Waals surface area (Å²) in [6.45, 7) is 3.50. The molecule has 2 aliphatic rings. The summed E-state index contributed by atoms with van der Waals surface area (Å²) in [7, 11) is 1.63. The van der Waals surface area contributed by atoms with Gasteiger partial charge in [0.2, 0.25) is 5.24 Å². The van der Waals surface area contributed by atoms with Crippen LogP contribution in [0, 0.1) is 12.8 Å². The molecule has 0 unspecified atom stereocenters. The Morgan fingerprint density at radius 1 is 0.922 bits per heavy atom. The molecule has 3 aromatic heterocycles. The predicted molar refractivity (Wildman–Crippen MR) is 199 cm³/mol. The van der Waals surface area contributed by atoms with Crippen LogP contribution in [-0.4, -0.2) is 47.3 Å². The van der Waals surface area contributed by atoms with Crippen LogP contribution in [0.5, 0.6) is 5.75 Å². The number of amides is 1. The molecule has 13 heteroatoms. The maximum absolute atomic E-state index is 12.3. The summed E-state index contributed by atoms with van der Waals surface area (Å²) >= 11 is 5.25. The van der Waals surface area contributed by atoms with Crippen molar-refractivity contribution in [3.8, 4) is 5.75 Å². The minimum Gasteiger partial charge on any atom is -0.497 e. The van der Waals surface area contributed by atoms with Crippen molar-refractivity contribution in [1.29, 1.82) is 0 Å². The molecule has 7 rings (SSSR count). The second kappa shape index (κ2) is 17.8. The molecule has 2 aromatic carbocycles. The molecule has 0 saturated heterocycles. The summed E-state index contributed by atoms with van der Waals surface area (Å²) < 4.78 is 8.87. The number of primary amides is 1.